The Labute approximate surface area is 107 Å². The molecule has 0 saturated heterocycles. The predicted molar refractivity (Wildman–Crippen MR) is 67.8 cm³/mol. The molecule has 0 bridgehead atoms. The molecule has 5 heteroatoms. The van der Waals surface area contributed by atoms with Crippen LogP contribution >= 0.6 is 27.5 Å². The highest BCUT2D eigenvalue weighted by atomic mass is 79.9. The first kappa shape index (κ1) is 11.5. The maximum absolute atomic E-state index is 5.77. The maximum Gasteiger partial charge on any atom is 0.169 e. The Bertz CT molecular complexity index is 473. The molecule has 0 radical (unpaired) electrons. The second-order valence-electron chi connectivity index (χ2n) is 3.25. The summed E-state index contributed by atoms with van der Waals surface area (Å²) in [5, 5.41) is 3.73. The fourth-order valence-corrected chi connectivity index (χ4v) is 1.84. The van der Waals surface area contributed by atoms with E-state index < -0.39 is 0 Å². The summed E-state index contributed by atoms with van der Waals surface area (Å²) in [6.45, 7) is 0.792. The summed E-state index contributed by atoms with van der Waals surface area (Å²) in [6, 6.07) is 7.51. The molecule has 0 amide bonds. The molecule has 0 fully saturated rings. The van der Waals surface area contributed by atoms with Crippen molar-refractivity contribution < 1.29 is 4.42 Å². The normalized spacial score (nSPS) is 10.4. The average molecular weight is 302 g/mol. The van der Waals surface area contributed by atoms with Crippen molar-refractivity contribution in [2.45, 2.75) is 6.42 Å². The summed E-state index contributed by atoms with van der Waals surface area (Å²) < 4.78 is 6.14. The summed E-state index contributed by atoms with van der Waals surface area (Å²) in [7, 11) is 0. The third-order valence-electron chi connectivity index (χ3n) is 2.06. The lowest BCUT2D eigenvalue weighted by Gasteiger charge is -2.04. The lowest BCUT2D eigenvalue weighted by molar-refractivity contribution is 0.491. The number of halogens is 2. The van der Waals surface area contributed by atoms with E-state index in [0.29, 0.717) is 5.15 Å². The molecule has 0 aromatic carbocycles. The first-order chi connectivity index (χ1) is 7.74. The van der Waals surface area contributed by atoms with Crippen LogP contribution in [0, 0.1) is 0 Å². The van der Waals surface area contributed by atoms with Crippen LogP contribution in [0.1, 0.15) is 5.76 Å². The molecule has 2 aromatic rings. The van der Waals surface area contributed by atoms with Crippen molar-refractivity contribution in [2.75, 3.05) is 11.9 Å². The summed E-state index contributed by atoms with van der Waals surface area (Å²) in [5.41, 5.74) is 0.964. The van der Waals surface area contributed by atoms with Gasteiger partial charge in [-0.1, -0.05) is 11.6 Å². The van der Waals surface area contributed by atoms with Crippen LogP contribution in [0.15, 0.2) is 39.5 Å². The van der Waals surface area contributed by atoms with Crippen LogP contribution in [0.4, 0.5) is 5.69 Å². The number of anilines is 1. The fraction of sp³-hybridized carbons (Fsp3) is 0.182. The minimum Gasteiger partial charge on any atom is -0.454 e. The zero-order valence-corrected chi connectivity index (χ0v) is 10.8. The average Bonchev–Trinajstić information content (AvgIpc) is 2.64. The molecule has 2 rings (SSSR count). The molecule has 0 atom stereocenters. The molecular weight excluding hydrogens is 291 g/mol. The first-order valence-electron chi connectivity index (χ1n) is 4.84. The third-order valence-corrected chi connectivity index (χ3v) is 2.69. The number of nitrogens with one attached hydrogen (secondary N) is 1. The van der Waals surface area contributed by atoms with E-state index in [2.05, 4.69) is 26.2 Å². The summed E-state index contributed by atoms with van der Waals surface area (Å²) in [5.74, 6) is 0.944. The van der Waals surface area contributed by atoms with Gasteiger partial charge in [0.1, 0.15) is 10.9 Å². The number of pyridine rings is 1. The van der Waals surface area contributed by atoms with Gasteiger partial charge in [-0.15, -0.1) is 0 Å². The Balaban J connectivity index is 1.84. The van der Waals surface area contributed by atoms with Crippen LogP contribution in [0.5, 0.6) is 0 Å². The monoisotopic (exact) mass is 300 g/mol. The van der Waals surface area contributed by atoms with Crippen LogP contribution in [-0.4, -0.2) is 11.5 Å². The zero-order chi connectivity index (χ0) is 11.4. The maximum atomic E-state index is 5.77. The Morgan fingerprint density at radius 3 is 2.94 bits per heavy atom. The van der Waals surface area contributed by atoms with E-state index >= 15 is 0 Å². The van der Waals surface area contributed by atoms with Gasteiger partial charge in [0.15, 0.2) is 4.67 Å². The number of furan rings is 1. The summed E-state index contributed by atoms with van der Waals surface area (Å²) >= 11 is 9.03. The van der Waals surface area contributed by atoms with E-state index in [4.69, 9.17) is 16.0 Å². The third kappa shape index (κ3) is 3.25. The van der Waals surface area contributed by atoms with Crippen molar-refractivity contribution in [1.29, 1.82) is 0 Å². The molecule has 16 heavy (non-hydrogen) atoms. The molecule has 0 aliphatic carbocycles. The Morgan fingerprint density at radius 1 is 1.38 bits per heavy atom. The van der Waals surface area contributed by atoms with Gasteiger partial charge in [0.05, 0.1) is 0 Å². The van der Waals surface area contributed by atoms with E-state index in [1.807, 2.05) is 18.2 Å². The predicted octanol–water partition coefficient (Wildman–Crippen LogP) is 3.75. The molecule has 0 spiro atoms. The van der Waals surface area contributed by atoms with Gasteiger partial charge in [0.2, 0.25) is 0 Å². The van der Waals surface area contributed by atoms with Crippen molar-refractivity contribution >= 4 is 33.2 Å². The van der Waals surface area contributed by atoms with E-state index in [-0.39, 0.29) is 0 Å². The van der Waals surface area contributed by atoms with Gasteiger partial charge in [-0.05, 0) is 40.2 Å². The molecule has 2 aromatic heterocycles. The van der Waals surface area contributed by atoms with Crippen molar-refractivity contribution in [3.05, 3.63) is 46.0 Å². The van der Waals surface area contributed by atoms with Crippen LogP contribution in [0.3, 0.4) is 0 Å². The summed E-state index contributed by atoms with van der Waals surface area (Å²) in [4.78, 5) is 3.91. The quantitative estimate of drug-likeness (QED) is 0.874. The van der Waals surface area contributed by atoms with Gasteiger partial charge >= 0.3 is 0 Å². The summed E-state index contributed by atoms with van der Waals surface area (Å²) in [6.07, 6.45) is 2.50. The van der Waals surface area contributed by atoms with Gasteiger partial charge in [-0.25, -0.2) is 4.98 Å². The molecule has 84 valence electrons. The standard InChI is InChI=1S/C11H10BrClN2O/c12-10-2-1-9(16-10)4-6-14-8-3-5-15-11(13)7-8/h1-3,5,7H,4,6H2,(H,14,15). The van der Waals surface area contributed by atoms with Crippen LogP contribution < -0.4 is 5.32 Å². The number of rotatable bonds is 4. The van der Waals surface area contributed by atoms with Gasteiger partial charge in [-0.2, -0.15) is 0 Å². The Kier molecular flexibility index (Phi) is 3.85. The highest BCUT2D eigenvalue weighted by Gasteiger charge is 1.99. The van der Waals surface area contributed by atoms with Gasteiger partial charge in [-0.3, -0.25) is 0 Å². The molecule has 2 heterocycles. The lowest BCUT2D eigenvalue weighted by atomic mass is 10.3. The van der Waals surface area contributed by atoms with Crippen LogP contribution in [-0.2, 0) is 6.42 Å². The van der Waals surface area contributed by atoms with Crippen molar-refractivity contribution in [1.82, 2.24) is 4.98 Å². The number of hydrogen-bond acceptors (Lipinski definition) is 3. The number of hydrogen-bond donors (Lipinski definition) is 1. The molecule has 3 nitrogen and oxygen atoms in total. The van der Waals surface area contributed by atoms with Crippen molar-refractivity contribution in [3.63, 3.8) is 0 Å². The second kappa shape index (κ2) is 5.37. The second-order valence-corrected chi connectivity index (χ2v) is 4.42. The van der Waals surface area contributed by atoms with E-state index in [1.165, 1.54) is 0 Å². The van der Waals surface area contributed by atoms with Gasteiger partial charge < -0.3 is 9.73 Å². The Hall–Kier alpha value is -1.00. The fourth-order valence-electron chi connectivity index (χ4n) is 1.33. The van der Waals surface area contributed by atoms with Crippen molar-refractivity contribution in [2.24, 2.45) is 0 Å². The highest BCUT2D eigenvalue weighted by Crippen LogP contribution is 2.15. The minimum atomic E-state index is 0.491. The van der Waals surface area contributed by atoms with Gasteiger partial charge in [0, 0.05) is 24.8 Å². The topological polar surface area (TPSA) is 38.1 Å². The lowest BCUT2D eigenvalue weighted by Crippen LogP contribution is -2.04. The molecule has 0 saturated carbocycles. The van der Waals surface area contributed by atoms with E-state index in [1.54, 1.807) is 12.3 Å². The molecule has 0 aliphatic heterocycles. The molecule has 1 N–H and O–H groups in total. The highest BCUT2D eigenvalue weighted by molar-refractivity contribution is 9.10. The molecule has 0 aliphatic rings. The first-order valence-corrected chi connectivity index (χ1v) is 6.01. The largest absolute Gasteiger partial charge is 0.454 e. The van der Waals surface area contributed by atoms with E-state index in [0.717, 1.165) is 29.1 Å². The number of aromatic nitrogens is 1. The number of nitrogens with zero attached hydrogens (tertiary/aromatic N) is 1. The van der Waals surface area contributed by atoms with Crippen molar-refractivity contribution in [3.8, 4) is 0 Å². The Morgan fingerprint density at radius 2 is 2.25 bits per heavy atom. The smallest absolute Gasteiger partial charge is 0.169 e. The minimum absolute atomic E-state index is 0.491. The van der Waals surface area contributed by atoms with Crippen LogP contribution in [0.2, 0.25) is 5.15 Å². The van der Waals surface area contributed by atoms with Gasteiger partial charge in [0.25, 0.3) is 0 Å². The van der Waals surface area contributed by atoms with E-state index in [9.17, 15) is 0 Å². The zero-order valence-electron chi connectivity index (χ0n) is 8.41. The molecular formula is C11H10BrClN2O. The molecule has 0 unspecified atom stereocenters. The van der Waals surface area contributed by atoms with Crippen LogP contribution in [0.25, 0.3) is 0 Å². The SMILES string of the molecule is Clc1cc(NCCc2ccc(Br)o2)ccn1.